The maximum absolute atomic E-state index is 11.5. The molecule has 5 heteroatoms. The third-order valence-electron chi connectivity index (χ3n) is 1.76. The molecule has 82 valence electrons. The molecule has 0 radical (unpaired) electrons. The number of carbonyl (C=O) groups excluding carboxylic acids is 1. The Bertz CT molecular complexity index is 472. The number of pyridine rings is 1. The third kappa shape index (κ3) is 3.10. The molecule has 0 saturated heterocycles. The second-order valence-corrected chi connectivity index (χ2v) is 2.84. The molecule has 1 amide bonds. The molecule has 0 fully saturated rings. The topological polar surface area (TPSA) is 79.3 Å². The number of carbonyl (C=O) groups is 2. The van der Waals surface area contributed by atoms with Crippen molar-refractivity contribution in [3.63, 3.8) is 0 Å². The average Bonchev–Trinajstić information content (AvgIpc) is 2.29. The lowest BCUT2D eigenvalue weighted by Crippen LogP contribution is -2.24. The van der Waals surface area contributed by atoms with Crippen molar-refractivity contribution in [3.05, 3.63) is 29.6 Å². The Labute approximate surface area is 92.5 Å². The quantitative estimate of drug-likeness (QED) is 0.725. The van der Waals surface area contributed by atoms with E-state index in [1.54, 1.807) is 6.92 Å². The highest BCUT2D eigenvalue weighted by Gasteiger charge is 2.09. The van der Waals surface area contributed by atoms with Crippen molar-refractivity contribution >= 4 is 11.9 Å². The van der Waals surface area contributed by atoms with E-state index in [0.29, 0.717) is 0 Å². The molecule has 0 aliphatic heterocycles. The lowest BCUT2D eigenvalue weighted by molar-refractivity contribution is 0.0690. The molecule has 5 nitrogen and oxygen atoms in total. The van der Waals surface area contributed by atoms with E-state index in [2.05, 4.69) is 22.1 Å². The molecular formula is C11H10N2O3. The van der Waals surface area contributed by atoms with Gasteiger partial charge in [0, 0.05) is 11.8 Å². The second kappa shape index (κ2) is 5.51. The van der Waals surface area contributed by atoms with Crippen LogP contribution in [0.15, 0.2) is 18.3 Å². The van der Waals surface area contributed by atoms with Crippen molar-refractivity contribution in [1.29, 1.82) is 0 Å². The van der Waals surface area contributed by atoms with Gasteiger partial charge in [0.2, 0.25) is 0 Å². The first-order valence-corrected chi connectivity index (χ1v) is 4.52. The molecule has 0 aliphatic carbocycles. The zero-order valence-corrected chi connectivity index (χ0v) is 8.65. The fourth-order valence-electron chi connectivity index (χ4n) is 1.00. The van der Waals surface area contributed by atoms with E-state index in [4.69, 9.17) is 5.11 Å². The van der Waals surface area contributed by atoms with Gasteiger partial charge in [-0.05, 0) is 19.1 Å². The Hall–Kier alpha value is -2.35. The Morgan fingerprint density at radius 2 is 2.31 bits per heavy atom. The van der Waals surface area contributed by atoms with E-state index in [1.165, 1.54) is 18.3 Å². The van der Waals surface area contributed by atoms with Crippen LogP contribution in [0.4, 0.5) is 0 Å². The lowest BCUT2D eigenvalue weighted by Gasteiger charge is -2.01. The van der Waals surface area contributed by atoms with Crippen LogP contribution in [-0.2, 0) is 0 Å². The molecule has 1 rings (SSSR count). The van der Waals surface area contributed by atoms with Gasteiger partial charge in [0.25, 0.3) is 5.91 Å². The van der Waals surface area contributed by atoms with Crippen LogP contribution in [0.2, 0.25) is 0 Å². The maximum Gasteiger partial charge on any atom is 0.354 e. The first kappa shape index (κ1) is 11.7. The molecule has 16 heavy (non-hydrogen) atoms. The number of aromatic nitrogens is 1. The summed E-state index contributed by atoms with van der Waals surface area (Å²) >= 11 is 0. The fraction of sp³-hybridized carbons (Fsp3) is 0.182. The van der Waals surface area contributed by atoms with Crippen LogP contribution >= 0.6 is 0 Å². The van der Waals surface area contributed by atoms with Gasteiger partial charge in [-0.1, -0.05) is 5.92 Å². The number of hydrogen-bond acceptors (Lipinski definition) is 3. The number of carboxylic acids is 1. The van der Waals surface area contributed by atoms with Crippen LogP contribution in [0.3, 0.4) is 0 Å². The van der Waals surface area contributed by atoms with Gasteiger partial charge in [-0.15, -0.1) is 5.92 Å². The van der Waals surface area contributed by atoms with Gasteiger partial charge in [0.1, 0.15) is 5.69 Å². The summed E-state index contributed by atoms with van der Waals surface area (Å²) in [5.41, 5.74) is 0.0968. The molecule has 0 unspecified atom stereocenters. The number of nitrogens with one attached hydrogen (secondary N) is 1. The highest BCUT2D eigenvalue weighted by Crippen LogP contribution is 2.01. The minimum absolute atomic E-state index is 0.158. The fourth-order valence-corrected chi connectivity index (χ4v) is 1.00. The Morgan fingerprint density at radius 1 is 1.56 bits per heavy atom. The van der Waals surface area contributed by atoms with Gasteiger partial charge in [0.05, 0.1) is 6.54 Å². The molecule has 1 heterocycles. The summed E-state index contributed by atoms with van der Waals surface area (Å²) in [4.78, 5) is 25.7. The van der Waals surface area contributed by atoms with Gasteiger partial charge in [-0.25, -0.2) is 9.78 Å². The standard InChI is InChI=1S/C11H10N2O3/c1-2-3-5-13-10(14)8-4-6-12-9(7-8)11(15)16/h4,6-7H,5H2,1H3,(H,13,14)(H,15,16). The lowest BCUT2D eigenvalue weighted by atomic mass is 10.2. The first-order chi connectivity index (χ1) is 7.65. The number of aromatic carboxylic acids is 1. The predicted molar refractivity (Wildman–Crippen MR) is 57.0 cm³/mol. The molecule has 0 aromatic carbocycles. The van der Waals surface area contributed by atoms with E-state index in [0.717, 1.165) is 0 Å². The summed E-state index contributed by atoms with van der Waals surface area (Å²) < 4.78 is 0. The Morgan fingerprint density at radius 3 is 2.94 bits per heavy atom. The number of nitrogens with zero attached hydrogens (tertiary/aromatic N) is 1. The molecule has 0 bridgehead atoms. The zero-order valence-electron chi connectivity index (χ0n) is 8.65. The summed E-state index contributed by atoms with van der Waals surface area (Å²) in [7, 11) is 0. The average molecular weight is 218 g/mol. The normalized spacial score (nSPS) is 8.81. The van der Waals surface area contributed by atoms with Crippen LogP contribution in [0.1, 0.15) is 27.8 Å². The monoisotopic (exact) mass is 218 g/mol. The molecule has 0 spiro atoms. The summed E-state index contributed by atoms with van der Waals surface area (Å²) in [5, 5.41) is 11.2. The van der Waals surface area contributed by atoms with Crippen LogP contribution in [0, 0.1) is 11.8 Å². The zero-order chi connectivity index (χ0) is 12.0. The largest absolute Gasteiger partial charge is 0.477 e. The van der Waals surface area contributed by atoms with Crippen LogP contribution < -0.4 is 5.32 Å². The van der Waals surface area contributed by atoms with E-state index in [1.807, 2.05) is 0 Å². The van der Waals surface area contributed by atoms with E-state index < -0.39 is 5.97 Å². The highest BCUT2D eigenvalue weighted by molar-refractivity contribution is 5.96. The van der Waals surface area contributed by atoms with Crippen molar-refractivity contribution in [2.75, 3.05) is 6.54 Å². The van der Waals surface area contributed by atoms with Gasteiger partial charge >= 0.3 is 5.97 Å². The molecule has 1 aromatic rings. The van der Waals surface area contributed by atoms with E-state index in [9.17, 15) is 9.59 Å². The minimum Gasteiger partial charge on any atom is -0.477 e. The number of amides is 1. The van der Waals surface area contributed by atoms with Crippen LogP contribution in [-0.4, -0.2) is 28.5 Å². The number of hydrogen-bond donors (Lipinski definition) is 2. The van der Waals surface area contributed by atoms with Gasteiger partial charge < -0.3 is 10.4 Å². The van der Waals surface area contributed by atoms with Crippen LogP contribution in [0.5, 0.6) is 0 Å². The van der Waals surface area contributed by atoms with Crippen molar-refractivity contribution in [3.8, 4) is 11.8 Å². The number of carboxylic acid groups (broad SMARTS) is 1. The maximum atomic E-state index is 11.5. The van der Waals surface area contributed by atoms with E-state index in [-0.39, 0.29) is 23.7 Å². The first-order valence-electron chi connectivity index (χ1n) is 4.52. The van der Waals surface area contributed by atoms with Crippen molar-refractivity contribution < 1.29 is 14.7 Å². The SMILES string of the molecule is CC#CCNC(=O)c1ccnc(C(=O)O)c1. The molecule has 2 N–H and O–H groups in total. The van der Waals surface area contributed by atoms with Gasteiger partial charge in [-0.3, -0.25) is 4.79 Å². The second-order valence-electron chi connectivity index (χ2n) is 2.84. The molecule has 0 aliphatic rings. The number of rotatable bonds is 3. The molecule has 0 atom stereocenters. The van der Waals surface area contributed by atoms with Gasteiger partial charge in [0.15, 0.2) is 0 Å². The van der Waals surface area contributed by atoms with Crippen molar-refractivity contribution in [2.45, 2.75) is 6.92 Å². The summed E-state index contributed by atoms with van der Waals surface area (Å²) in [6, 6.07) is 2.66. The minimum atomic E-state index is -1.16. The smallest absolute Gasteiger partial charge is 0.354 e. The predicted octanol–water partition coefficient (Wildman–Crippen LogP) is 0.533. The molecule has 1 aromatic heterocycles. The molecule has 0 saturated carbocycles. The van der Waals surface area contributed by atoms with Crippen molar-refractivity contribution in [2.24, 2.45) is 0 Å². The Kier molecular flexibility index (Phi) is 4.04. The summed E-state index contributed by atoms with van der Waals surface area (Å²) in [5.74, 6) is 3.77. The third-order valence-corrected chi connectivity index (χ3v) is 1.76. The highest BCUT2D eigenvalue weighted by atomic mass is 16.4. The van der Waals surface area contributed by atoms with Crippen LogP contribution in [0.25, 0.3) is 0 Å². The van der Waals surface area contributed by atoms with Crippen molar-refractivity contribution in [1.82, 2.24) is 10.3 Å². The summed E-state index contributed by atoms with van der Waals surface area (Å²) in [6.45, 7) is 1.90. The molecular weight excluding hydrogens is 208 g/mol. The van der Waals surface area contributed by atoms with E-state index >= 15 is 0 Å². The summed E-state index contributed by atoms with van der Waals surface area (Å²) in [6.07, 6.45) is 1.28. The Balaban J connectivity index is 2.78. The van der Waals surface area contributed by atoms with Gasteiger partial charge in [-0.2, -0.15) is 0 Å².